The van der Waals surface area contributed by atoms with Gasteiger partial charge in [-0.15, -0.1) is 0 Å². The van der Waals surface area contributed by atoms with E-state index >= 15 is 0 Å². The Morgan fingerprint density at radius 3 is 2.17 bits per heavy atom. The third-order valence-corrected chi connectivity index (χ3v) is 2.95. The molecule has 0 saturated heterocycles. The zero-order valence-corrected chi connectivity index (χ0v) is 9.87. The lowest BCUT2D eigenvalue weighted by Crippen LogP contribution is -2.32. The number of hydrogen-bond acceptors (Lipinski definition) is 2. The Labute approximate surface area is 81.7 Å². The van der Waals surface area contributed by atoms with Gasteiger partial charge in [0.25, 0.3) is 0 Å². The first-order valence-electron chi connectivity index (χ1n) is 4.82. The summed E-state index contributed by atoms with van der Waals surface area (Å²) in [5, 5.41) is 4.28. The standard InChI is InChI=1S/C10H23NS/c1-8(2)6-9(3)11-7-10(4)12-5/h8-11H,6-7H2,1-5H3. The highest BCUT2D eigenvalue weighted by Crippen LogP contribution is 2.06. The predicted molar refractivity (Wildman–Crippen MR) is 59.9 cm³/mol. The normalized spacial score (nSPS) is 16.5. The Hall–Kier alpha value is 0.310. The van der Waals surface area contributed by atoms with Gasteiger partial charge in [-0.05, 0) is 25.5 Å². The van der Waals surface area contributed by atoms with Gasteiger partial charge in [0.15, 0.2) is 0 Å². The van der Waals surface area contributed by atoms with Gasteiger partial charge in [-0.2, -0.15) is 11.8 Å². The lowest BCUT2D eigenvalue weighted by atomic mass is 10.1. The second kappa shape index (κ2) is 6.79. The first-order chi connectivity index (χ1) is 5.56. The minimum Gasteiger partial charge on any atom is -0.313 e. The van der Waals surface area contributed by atoms with Crippen LogP contribution in [0.3, 0.4) is 0 Å². The summed E-state index contributed by atoms with van der Waals surface area (Å²) in [5.41, 5.74) is 0. The fourth-order valence-electron chi connectivity index (χ4n) is 1.24. The van der Waals surface area contributed by atoms with Crippen molar-refractivity contribution in [1.82, 2.24) is 5.32 Å². The van der Waals surface area contributed by atoms with Gasteiger partial charge in [0.1, 0.15) is 0 Å². The molecule has 0 radical (unpaired) electrons. The highest BCUT2D eigenvalue weighted by molar-refractivity contribution is 7.99. The minimum atomic E-state index is 0.666. The molecule has 2 atom stereocenters. The smallest absolute Gasteiger partial charge is 0.0141 e. The molecule has 1 N–H and O–H groups in total. The maximum atomic E-state index is 3.54. The minimum absolute atomic E-state index is 0.666. The first kappa shape index (κ1) is 12.3. The molecular formula is C10H23NS. The van der Waals surface area contributed by atoms with Crippen molar-refractivity contribution in [2.45, 2.75) is 45.4 Å². The van der Waals surface area contributed by atoms with E-state index in [0.717, 1.165) is 17.7 Å². The molecule has 0 aromatic heterocycles. The molecular weight excluding hydrogens is 166 g/mol. The van der Waals surface area contributed by atoms with Crippen molar-refractivity contribution < 1.29 is 0 Å². The van der Waals surface area contributed by atoms with Crippen molar-refractivity contribution in [3.63, 3.8) is 0 Å². The molecule has 0 amide bonds. The summed E-state index contributed by atoms with van der Waals surface area (Å²) in [5.74, 6) is 0.803. The number of rotatable bonds is 6. The van der Waals surface area contributed by atoms with E-state index < -0.39 is 0 Å². The van der Waals surface area contributed by atoms with E-state index in [2.05, 4.69) is 39.3 Å². The summed E-state index contributed by atoms with van der Waals surface area (Å²) in [7, 11) is 0. The van der Waals surface area contributed by atoms with E-state index in [9.17, 15) is 0 Å². The maximum Gasteiger partial charge on any atom is 0.0141 e. The highest BCUT2D eigenvalue weighted by atomic mass is 32.2. The van der Waals surface area contributed by atoms with Crippen molar-refractivity contribution >= 4 is 11.8 Å². The van der Waals surface area contributed by atoms with Gasteiger partial charge in [-0.25, -0.2) is 0 Å². The summed E-state index contributed by atoms with van der Waals surface area (Å²) in [6, 6.07) is 0.666. The van der Waals surface area contributed by atoms with Crippen LogP contribution in [0.5, 0.6) is 0 Å². The molecule has 0 heterocycles. The van der Waals surface area contributed by atoms with E-state index in [1.54, 1.807) is 0 Å². The third kappa shape index (κ3) is 6.99. The second-order valence-corrected chi connectivity index (χ2v) is 5.26. The van der Waals surface area contributed by atoms with Crippen LogP contribution in [0.1, 0.15) is 34.1 Å². The van der Waals surface area contributed by atoms with Gasteiger partial charge in [-0.3, -0.25) is 0 Å². The lowest BCUT2D eigenvalue weighted by molar-refractivity contribution is 0.444. The quantitative estimate of drug-likeness (QED) is 0.689. The topological polar surface area (TPSA) is 12.0 Å². The molecule has 0 spiro atoms. The van der Waals surface area contributed by atoms with Crippen LogP contribution >= 0.6 is 11.8 Å². The molecule has 0 rings (SSSR count). The monoisotopic (exact) mass is 189 g/mol. The molecule has 0 aromatic carbocycles. The Bertz CT molecular complexity index is 104. The average Bonchev–Trinajstić information content (AvgIpc) is 1.99. The van der Waals surface area contributed by atoms with E-state index in [-0.39, 0.29) is 0 Å². The largest absolute Gasteiger partial charge is 0.313 e. The van der Waals surface area contributed by atoms with Crippen LogP contribution in [0.25, 0.3) is 0 Å². The third-order valence-electron chi connectivity index (χ3n) is 1.98. The van der Waals surface area contributed by atoms with Crippen molar-refractivity contribution in [3.05, 3.63) is 0 Å². The van der Waals surface area contributed by atoms with Gasteiger partial charge in [0, 0.05) is 17.8 Å². The van der Waals surface area contributed by atoms with Crippen LogP contribution in [-0.2, 0) is 0 Å². The molecule has 0 bridgehead atoms. The van der Waals surface area contributed by atoms with Crippen LogP contribution in [0.4, 0.5) is 0 Å². The molecule has 74 valence electrons. The number of thioether (sulfide) groups is 1. The lowest BCUT2D eigenvalue weighted by Gasteiger charge is -2.18. The van der Waals surface area contributed by atoms with Gasteiger partial charge >= 0.3 is 0 Å². The number of nitrogens with one attached hydrogen (secondary N) is 1. The van der Waals surface area contributed by atoms with Gasteiger partial charge in [0.2, 0.25) is 0 Å². The Balaban J connectivity index is 3.36. The molecule has 2 heteroatoms. The summed E-state index contributed by atoms with van der Waals surface area (Å²) in [6.45, 7) is 10.2. The molecule has 0 aliphatic carbocycles. The zero-order valence-electron chi connectivity index (χ0n) is 9.05. The SMILES string of the molecule is CSC(C)CNC(C)CC(C)C. The van der Waals surface area contributed by atoms with Crippen molar-refractivity contribution in [3.8, 4) is 0 Å². The Morgan fingerprint density at radius 2 is 1.75 bits per heavy atom. The van der Waals surface area contributed by atoms with Gasteiger partial charge in [-0.1, -0.05) is 20.8 Å². The zero-order chi connectivity index (χ0) is 9.56. The van der Waals surface area contributed by atoms with Gasteiger partial charge in [0.05, 0.1) is 0 Å². The first-order valence-corrected chi connectivity index (χ1v) is 6.11. The van der Waals surface area contributed by atoms with E-state index in [1.165, 1.54) is 6.42 Å². The fourth-order valence-corrected chi connectivity index (χ4v) is 1.50. The van der Waals surface area contributed by atoms with E-state index in [1.807, 2.05) is 11.8 Å². The van der Waals surface area contributed by atoms with Crippen LogP contribution in [0.15, 0.2) is 0 Å². The van der Waals surface area contributed by atoms with Crippen LogP contribution < -0.4 is 5.32 Å². The molecule has 0 saturated carbocycles. The molecule has 0 fully saturated rings. The van der Waals surface area contributed by atoms with Crippen molar-refractivity contribution in [2.75, 3.05) is 12.8 Å². The predicted octanol–water partition coefficient (Wildman–Crippen LogP) is 2.76. The van der Waals surface area contributed by atoms with Crippen LogP contribution in [0.2, 0.25) is 0 Å². The summed E-state index contributed by atoms with van der Waals surface area (Å²) in [6.07, 6.45) is 3.44. The molecule has 1 nitrogen and oxygen atoms in total. The Morgan fingerprint density at radius 1 is 1.17 bits per heavy atom. The maximum absolute atomic E-state index is 3.54. The van der Waals surface area contributed by atoms with Gasteiger partial charge < -0.3 is 5.32 Å². The Kier molecular flexibility index (Phi) is 6.96. The summed E-state index contributed by atoms with van der Waals surface area (Å²) < 4.78 is 0. The fraction of sp³-hybridized carbons (Fsp3) is 1.00. The average molecular weight is 189 g/mol. The summed E-state index contributed by atoms with van der Waals surface area (Å²) >= 11 is 1.92. The molecule has 0 aliphatic rings. The molecule has 0 aliphatic heterocycles. The number of hydrogen-bond donors (Lipinski definition) is 1. The second-order valence-electron chi connectivity index (χ2n) is 3.99. The van der Waals surface area contributed by atoms with Crippen LogP contribution in [-0.4, -0.2) is 24.1 Å². The van der Waals surface area contributed by atoms with E-state index in [0.29, 0.717) is 6.04 Å². The molecule has 12 heavy (non-hydrogen) atoms. The summed E-state index contributed by atoms with van der Waals surface area (Å²) in [4.78, 5) is 0. The van der Waals surface area contributed by atoms with Crippen molar-refractivity contribution in [1.29, 1.82) is 0 Å². The molecule has 2 unspecified atom stereocenters. The highest BCUT2D eigenvalue weighted by Gasteiger charge is 2.05. The van der Waals surface area contributed by atoms with E-state index in [4.69, 9.17) is 0 Å². The molecule has 0 aromatic rings. The van der Waals surface area contributed by atoms with Crippen LogP contribution in [0, 0.1) is 5.92 Å². The van der Waals surface area contributed by atoms with Crippen molar-refractivity contribution in [2.24, 2.45) is 5.92 Å².